The standard InChI is InChI=1S/C21H22ClFN4O6S/c1-11(2)6-17(28)21(29)27-34(30,31)33-19-8-13-16(9-18(19)32-3)24-10-25-20(13)26-12-4-5-15(23)14(22)7-12/h4-5,7-11,17,28H,6H2,1-3H3,(H,27,29)(H,24,25,26)/t17-/m0/s1. The highest BCUT2D eigenvalue weighted by Gasteiger charge is 2.25. The molecule has 0 spiro atoms. The van der Waals surface area contributed by atoms with Crippen molar-refractivity contribution >= 4 is 50.2 Å². The number of hydrogen-bond acceptors (Lipinski definition) is 9. The summed E-state index contributed by atoms with van der Waals surface area (Å²) in [4.78, 5) is 20.3. The molecule has 0 aliphatic heterocycles. The van der Waals surface area contributed by atoms with E-state index in [4.69, 9.17) is 20.5 Å². The Morgan fingerprint density at radius 2 is 1.94 bits per heavy atom. The van der Waals surface area contributed by atoms with Crippen LogP contribution in [0.25, 0.3) is 10.9 Å². The molecular weight excluding hydrogens is 491 g/mol. The first kappa shape index (κ1) is 25.4. The highest BCUT2D eigenvalue weighted by atomic mass is 35.5. The molecule has 1 aromatic heterocycles. The van der Waals surface area contributed by atoms with E-state index in [9.17, 15) is 22.7 Å². The first-order valence-electron chi connectivity index (χ1n) is 9.98. The van der Waals surface area contributed by atoms with Gasteiger partial charge in [0, 0.05) is 17.1 Å². The van der Waals surface area contributed by atoms with E-state index in [1.165, 1.54) is 43.8 Å². The molecule has 0 aliphatic rings. The second kappa shape index (κ2) is 10.4. The number of fused-ring (bicyclic) bond motifs is 1. The average molecular weight is 513 g/mol. The molecule has 2 aromatic carbocycles. The molecule has 1 heterocycles. The number of ether oxygens (including phenoxy) is 1. The van der Waals surface area contributed by atoms with Gasteiger partial charge in [-0.05, 0) is 36.6 Å². The smallest absolute Gasteiger partial charge is 0.409 e. The van der Waals surface area contributed by atoms with E-state index in [1.54, 1.807) is 18.6 Å². The summed E-state index contributed by atoms with van der Waals surface area (Å²) in [5.74, 6) is -1.75. The number of halogens is 2. The number of anilines is 2. The molecule has 1 amide bonds. The zero-order chi connectivity index (χ0) is 25.0. The number of aliphatic hydroxyl groups excluding tert-OH is 1. The van der Waals surface area contributed by atoms with Crippen LogP contribution in [-0.2, 0) is 15.1 Å². The quantitative estimate of drug-likeness (QED) is 0.393. The largest absolute Gasteiger partial charge is 0.493 e. The number of benzene rings is 2. The van der Waals surface area contributed by atoms with Crippen molar-refractivity contribution in [2.75, 3.05) is 12.4 Å². The van der Waals surface area contributed by atoms with Crippen LogP contribution in [-0.4, -0.2) is 42.6 Å². The van der Waals surface area contributed by atoms with E-state index in [1.807, 2.05) is 0 Å². The van der Waals surface area contributed by atoms with Crippen LogP contribution < -0.4 is 19.0 Å². The van der Waals surface area contributed by atoms with E-state index in [0.717, 1.165) is 0 Å². The summed E-state index contributed by atoms with van der Waals surface area (Å²) >= 11 is 5.82. The first-order chi connectivity index (χ1) is 16.0. The molecular formula is C21H22ClFN4O6S. The van der Waals surface area contributed by atoms with Crippen LogP contribution in [0, 0.1) is 11.7 Å². The van der Waals surface area contributed by atoms with E-state index < -0.39 is 28.1 Å². The van der Waals surface area contributed by atoms with E-state index >= 15 is 0 Å². The van der Waals surface area contributed by atoms with Crippen LogP contribution in [0.5, 0.6) is 11.5 Å². The average Bonchev–Trinajstić information content (AvgIpc) is 2.75. The maximum atomic E-state index is 13.5. The van der Waals surface area contributed by atoms with Gasteiger partial charge in [-0.15, -0.1) is 0 Å². The minimum atomic E-state index is -4.66. The molecule has 182 valence electrons. The van der Waals surface area contributed by atoms with E-state index in [2.05, 4.69) is 15.3 Å². The number of nitrogens with one attached hydrogen (secondary N) is 2. The van der Waals surface area contributed by atoms with Crippen LogP contribution in [0.2, 0.25) is 5.02 Å². The number of aliphatic hydroxyl groups is 1. The van der Waals surface area contributed by atoms with Crippen molar-refractivity contribution in [3.63, 3.8) is 0 Å². The van der Waals surface area contributed by atoms with Gasteiger partial charge < -0.3 is 19.3 Å². The Morgan fingerprint density at radius 1 is 1.21 bits per heavy atom. The third kappa shape index (κ3) is 6.22. The van der Waals surface area contributed by atoms with Gasteiger partial charge in [-0.2, -0.15) is 8.42 Å². The molecule has 0 bridgehead atoms. The Kier molecular flexibility index (Phi) is 7.75. The first-order valence-corrected chi connectivity index (χ1v) is 11.8. The highest BCUT2D eigenvalue weighted by Crippen LogP contribution is 2.35. The van der Waals surface area contributed by atoms with Crippen molar-refractivity contribution in [3.8, 4) is 11.5 Å². The summed E-state index contributed by atoms with van der Waals surface area (Å²) in [7, 11) is -3.36. The summed E-state index contributed by atoms with van der Waals surface area (Å²) in [6.07, 6.45) is -0.188. The topological polar surface area (TPSA) is 140 Å². The van der Waals surface area contributed by atoms with Gasteiger partial charge in [-0.25, -0.2) is 19.1 Å². The third-order valence-electron chi connectivity index (χ3n) is 4.53. The SMILES string of the molecule is COc1cc2ncnc(Nc3ccc(F)c(Cl)c3)c2cc1OS(=O)(=O)NC(=O)[C@@H](O)CC(C)C. The molecule has 3 N–H and O–H groups in total. The fourth-order valence-electron chi connectivity index (χ4n) is 2.98. The van der Waals surface area contributed by atoms with Crippen molar-refractivity contribution < 1.29 is 31.6 Å². The lowest BCUT2D eigenvalue weighted by molar-refractivity contribution is -0.128. The highest BCUT2D eigenvalue weighted by molar-refractivity contribution is 7.85. The van der Waals surface area contributed by atoms with Gasteiger partial charge in [-0.1, -0.05) is 25.4 Å². The fraction of sp³-hybridized carbons (Fsp3) is 0.286. The Morgan fingerprint density at radius 3 is 2.59 bits per heavy atom. The Labute approximate surface area is 200 Å². The number of aromatic nitrogens is 2. The van der Waals surface area contributed by atoms with E-state index in [0.29, 0.717) is 16.6 Å². The van der Waals surface area contributed by atoms with Gasteiger partial charge in [0.1, 0.15) is 24.1 Å². The van der Waals surface area contributed by atoms with Crippen molar-refractivity contribution in [2.45, 2.75) is 26.4 Å². The van der Waals surface area contributed by atoms with Crippen LogP contribution in [0.3, 0.4) is 0 Å². The lowest BCUT2D eigenvalue weighted by atomic mass is 10.1. The van der Waals surface area contributed by atoms with Gasteiger partial charge in [-0.3, -0.25) is 4.79 Å². The molecule has 10 nitrogen and oxygen atoms in total. The van der Waals surface area contributed by atoms with Crippen molar-refractivity contribution in [3.05, 3.63) is 47.5 Å². The molecule has 0 aliphatic carbocycles. The van der Waals surface area contributed by atoms with E-state index in [-0.39, 0.29) is 34.7 Å². The monoisotopic (exact) mass is 512 g/mol. The predicted molar refractivity (Wildman–Crippen MR) is 124 cm³/mol. The summed E-state index contributed by atoms with van der Waals surface area (Å²) in [6, 6.07) is 6.69. The molecule has 13 heteroatoms. The summed E-state index contributed by atoms with van der Waals surface area (Å²) in [6.45, 7) is 3.55. The minimum absolute atomic E-state index is 0.0162. The van der Waals surface area contributed by atoms with Gasteiger partial charge in [0.25, 0.3) is 5.91 Å². The zero-order valence-corrected chi connectivity index (χ0v) is 19.9. The zero-order valence-electron chi connectivity index (χ0n) is 18.4. The number of hydrogen-bond donors (Lipinski definition) is 3. The molecule has 34 heavy (non-hydrogen) atoms. The third-order valence-corrected chi connectivity index (χ3v) is 5.67. The Balaban J connectivity index is 1.93. The normalized spacial score (nSPS) is 12.4. The second-order valence-corrected chi connectivity index (χ2v) is 9.33. The maximum absolute atomic E-state index is 13.5. The lowest BCUT2D eigenvalue weighted by Crippen LogP contribution is -2.41. The molecule has 0 fully saturated rings. The second-order valence-electron chi connectivity index (χ2n) is 7.65. The fourth-order valence-corrected chi connectivity index (χ4v) is 3.95. The summed E-state index contributed by atoms with van der Waals surface area (Å²) in [5.41, 5.74) is 0.799. The Bertz CT molecular complexity index is 1320. The number of carbonyl (C=O) groups excluding carboxylic acids is 1. The maximum Gasteiger partial charge on any atom is 0.409 e. The number of carbonyl (C=O) groups is 1. The van der Waals surface area contributed by atoms with Crippen molar-refractivity contribution in [1.29, 1.82) is 0 Å². The van der Waals surface area contributed by atoms with Gasteiger partial charge in [0.2, 0.25) is 0 Å². The van der Waals surface area contributed by atoms with Gasteiger partial charge in [0.05, 0.1) is 17.6 Å². The number of amides is 1. The Hall–Kier alpha value is -3.22. The minimum Gasteiger partial charge on any atom is -0.493 e. The van der Waals surface area contributed by atoms with Crippen molar-refractivity contribution in [1.82, 2.24) is 14.7 Å². The number of methoxy groups -OCH3 is 1. The lowest BCUT2D eigenvalue weighted by Gasteiger charge is -2.16. The molecule has 0 radical (unpaired) electrons. The van der Waals surface area contributed by atoms with Crippen molar-refractivity contribution in [2.24, 2.45) is 5.92 Å². The number of nitrogens with zero attached hydrogens (tertiary/aromatic N) is 2. The molecule has 1 atom stereocenters. The number of rotatable bonds is 9. The molecule has 0 saturated carbocycles. The summed E-state index contributed by atoms with van der Waals surface area (Å²) < 4.78 is 50.3. The molecule has 3 aromatic rings. The van der Waals surface area contributed by atoms with Crippen LogP contribution >= 0.6 is 11.6 Å². The molecule has 3 rings (SSSR count). The van der Waals surface area contributed by atoms with Crippen LogP contribution in [0.15, 0.2) is 36.7 Å². The predicted octanol–water partition coefficient (Wildman–Crippen LogP) is 3.32. The van der Waals surface area contributed by atoms with Gasteiger partial charge >= 0.3 is 10.3 Å². The van der Waals surface area contributed by atoms with Crippen LogP contribution in [0.1, 0.15) is 20.3 Å². The molecule has 0 unspecified atom stereocenters. The molecule has 0 saturated heterocycles. The van der Waals surface area contributed by atoms with Crippen LogP contribution in [0.4, 0.5) is 15.9 Å². The van der Waals surface area contributed by atoms with Gasteiger partial charge in [0.15, 0.2) is 11.5 Å². The summed E-state index contributed by atoms with van der Waals surface area (Å²) in [5, 5.41) is 13.0.